The fraction of sp³-hybridized carbons (Fsp3) is 0.156. The van der Waals surface area contributed by atoms with E-state index in [0.29, 0.717) is 11.3 Å². The van der Waals surface area contributed by atoms with Crippen LogP contribution in [0.2, 0.25) is 0 Å². The van der Waals surface area contributed by atoms with Gasteiger partial charge in [0.25, 0.3) is 0 Å². The van der Waals surface area contributed by atoms with Crippen molar-refractivity contribution in [2.75, 3.05) is 4.90 Å². The highest BCUT2D eigenvalue weighted by molar-refractivity contribution is 5.97. The number of nitrogens with zero attached hydrogens (tertiary/aromatic N) is 3. The molecule has 6 aromatic rings. The average molecular weight is 618 g/mol. The molecule has 0 bridgehead atoms. The van der Waals surface area contributed by atoms with Crippen LogP contribution in [-0.2, 0) is 18.3 Å². The van der Waals surface area contributed by atoms with Gasteiger partial charge in [-0.25, -0.2) is 4.85 Å². The lowest BCUT2D eigenvalue weighted by Gasteiger charge is -2.45. The third-order valence-electron chi connectivity index (χ3n) is 10.0. The van der Waals surface area contributed by atoms with Crippen molar-refractivity contribution in [3.8, 4) is 28.3 Å². The van der Waals surface area contributed by atoms with E-state index < -0.39 is 5.41 Å². The number of rotatable bonds is 6. The van der Waals surface area contributed by atoms with Gasteiger partial charge in [-0.3, -0.25) is 0 Å². The first-order chi connectivity index (χ1) is 23.6. The fourth-order valence-electron chi connectivity index (χ4n) is 8.18. The Bertz CT molecular complexity index is 2180. The van der Waals surface area contributed by atoms with E-state index in [2.05, 4.69) is 145 Å². The fourth-order valence-corrected chi connectivity index (χ4v) is 8.18. The minimum absolute atomic E-state index is 0.610. The molecular weight excluding hydrogens is 583 g/mol. The molecule has 0 radical (unpaired) electrons. The Morgan fingerprint density at radius 1 is 0.625 bits per heavy atom. The summed E-state index contributed by atoms with van der Waals surface area (Å²) in [6.45, 7) is 12.4. The highest BCUT2D eigenvalue weighted by atomic mass is 15.2. The van der Waals surface area contributed by atoms with E-state index in [-0.39, 0.29) is 0 Å². The van der Waals surface area contributed by atoms with Gasteiger partial charge in [-0.05, 0) is 105 Å². The Morgan fingerprint density at radius 3 is 1.88 bits per heavy atom. The summed E-state index contributed by atoms with van der Waals surface area (Å²) >= 11 is 0. The summed E-state index contributed by atoms with van der Waals surface area (Å²) in [4.78, 5) is 6.25. The van der Waals surface area contributed by atoms with E-state index in [9.17, 15) is 5.26 Å². The minimum atomic E-state index is -0.691. The lowest BCUT2D eigenvalue weighted by Crippen LogP contribution is -2.36. The molecule has 0 unspecified atom stereocenters. The van der Waals surface area contributed by atoms with Crippen molar-refractivity contribution in [3.05, 3.63) is 178 Å². The number of aryl methyl sites for hydroxylation is 2. The number of nitriles is 1. The van der Waals surface area contributed by atoms with Crippen LogP contribution in [0.4, 0.5) is 22.7 Å². The zero-order valence-corrected chi connectivity index (χ0v) is 27.3. The second-order valence-corrected chi connectivity index (χ2v) is 12.9. The van der Waals surface area contributed by atoms with E-state index in [4.69, 9.17) is 6.57 Å². The molecule has 0 amide bonds. The molecule has 2 aliphatic rings. The van der Waals surface area contributed by atoms with Crippen molar-refractivity contribution in [2.24, 2.45) is 0 Å². The van der Waals surface area contributed by atoms with E-state index in [1.165, 1.54) is 22.3 Å². The first kappa shape index (κ1) is 29.5. The zero-order chi connectivity index (χ0) is 32.8. The summed E-state index contributed by atoms with van der Waals surface area (Å²) in [7, 11) is 0. The Labute approximate surface area is 283 Å². The van der Waals surface area contributed by atoms with Gasteiger partial charge in [0, 0.05) is 5.69 Å². The van der Waals surface area contributed by atoms with Crippen LogP contribution in [0.25, 0.3) is 27.1 Å². The molecule has 0 atom stereocenters. The number of benzene rings is 6. The molecule has 6 aromatic carbocycles. The number of fused-ring (bicyclic) bond motifs is 9. The molecular formula is C45H35N3. The summed E-state index contributed by atoms with van der Waals surface area (Å²) in [5.41, 5.74) is 15.8. The lowest BCUT2D eigenvalue weighted by atomic mass is 9.64. The number of para-hydroxylation sites is 2. The van der Waals surface area contributed by atoms with Crippen LogP contribution in [0, 0.1) is 17.9 Å². The third-order valence-corrected chi connectivity index (χ3v) is 10.0. The van der Waals surface area contributed by atoms with Crippen LogP contribution in [0.1, 0.15) is 65.6 Å². The summed E-state index contributed by atoms with van der Waals surface area (Å²) < 4.78 is 0. The molecule has 0 saturated carbocycles. The highest BCUT2D eigenvalue weighted by Crippen LogP contribution is 2.63. The first-order valence-corrected chi connectivity index (χ1v) is 16.9. The van der Waals surface area contributed by atoms with E-state index in [1.807, 2.05) is 12.1 Å². The number of hydrogen-bond donors (Lipinski definition) is 0. The maximum atomic E-state index is 10.1. The zero-order valence-electron chi connectivity index (χ0n) is 27.3. The molecule has 0 aromatic heterocycles. The molecule has 1 heterocycles. The average Bonchev–Trinajstić information content (AvgIpc) is 3.41. The normalized spacial score (nSPS) is 13.2. The van der Waals surface area contributed by atoms with E-state index >= 15 is 0 Å². The van der Waals surface area contributed by atoms with Gasteiger partial charge in [0.1, 0.15) is 0 Å². The molecule has 0 N–H and O–H groups in total. The molecule has 1 aliphatic carbocycles. The van der Waals surface area contributed by atoms with Crippen molar-refractivity contribution >= 4 is 22.7 Å². The Hall–Kier alpha value is -5.90. The van der Waals surface area contributed by atoms with Crippen molar-refractivity contribution in [1.29, 1.82) is 5.26 Å². The van der Waals surface area contributed by atoms with Crippen LogP contribution < -0.4 is 4.90 Å². The largest absolute Gasteiger partial charge is 0.310 e. The molecule has 48 heavy (non-hydrogen) atoms. The number of hydrogen-bond acceptors (Lipinski definition) is 2. The van der Waals surface area contributed by atoms with Crippen LogP contribution in [0.15, 0.2) is 127 Å². The van der Waals surface area contributed by atoms with Crippen molar-refractivity contribution in [1.82, 2.24) is 0 Å². The maximum Gasteiger partial charge on any atom is 0.187 e. The maximum absolute atomic E-state index is 10.1. The molecule has 0 saturated heterocycles. The smallest absolute Gasteiger partial charge is 0.187 e. The van der Waals surface area contributed by atoms with Gasteiger partial charge < -0.3 is 4.90 Å². The minimum Gasteiger partial charge on any atom is -0.310 e. The Kier molecular flexibility index (Phi) is 7.20. The SMILES string of the molecule is [C-]#[N+]c1ccc2c(c1)C1(c3cc(C#N)ccc3-2)c2ccccc2N(c2cccc(-c3cc(CCC)cc(CCC)c3)c2)c2ccccc21. The summed E-state index contributed by atoms with van der Waals surface area (Å²) in [6.07, 6.45) is 4.39. The first-order valence-electron chi connectivity index (χ1n) is 16.9. The predicted molar refractivity (Wildman–Crippen MR) is 196 cm³/mol. The van der Waals surface area contributed by atoms with Crippen molar-refractivity contribution in [3.63, 3.8) is 0 Å². The quantitative estimate of drug-likeness (QED) is 0.174. The molecule has 8 rings (SSSR count). The second-order valence-electron chi connectivity index (χ2n) is 12.9. The summed E-state index contributed by atoms with van der Waals surface area (Å²) in [5, 5.41) is 10.1. The lowest BCUT2D eigenvalue weighted by molar-refractivity contribution is 0.753. The van der Waals surface area contributed by atoms with Gasteiger partial charge in [0.15, 0.2) is 5.69 Å². The van der Waals surface area contributed by atoms with Crippen LogP contribution in [0.3, 0.4) is 0 Å². The Morgan fingerprint density at radius 2 is 1.25 bits per heavy atom. The summed E-state index contributed by atoms with van der Waals surface area (Å²) in [6, 6.07) is 47.9. The standard InChI is InChI=1S/C45H35N3/c1-4-11-30-23-31(12-5-2)25-34(24-30)33-13-10-14-36(27-33)48-43-17-8-6-15-39(43)45(40-16-7-9-18-44(40)48)41-26-32(29-46)19-21-37(41)38-22-20-35(47-3)28-42(38)45/h6-10,13-28H,4-5,11-12H2,1-2H3. The van der Waals surface area contributed by atoms with E-state index in [0.717, 1.165) is 76.1 Å². The molecule has 3 nitrogen and oxygen atoms in total. The number of anilines is 3. The molecule has 0 fully saturated rings. The van der Waals surface area contributed by atoms with Crippen LogP contribution in [0.5, 0.6) is 0 Å². The van der Waals surface area contributed by atoms with Gasteiger partial charge in [0.2, 0.25) is 0 Å². The highest BCUT2D eigenvalue weighted by Gasteiger charge is 2.51. The third kappa shape index (κ3) is 4.40. The van der Waals surface area contributed by atoms with Gasteiger partial charge in [-0.2, -0.15) is 5.26 Å². The molecule has 1 spiro atoms. The molecule has 230 valence electrons. The molecule has 3 heteroatoms. The summed E-state index contributed by atoms with van der Waals surface area (Å²) in [5.74, 6) is 0. The predicted octanol–water partition coefficient (Wildman–Crippen LogP) is 11.8. The van der Waals surface area contributed by atoms with Gasteiger partial charge in [-0.15, -0.1) is 0 Å². The van der Waals surface area contributed by atoms with Crippen molar-refractivity contribution < 1.29 is 0 Å². The van der Waals surface area contributed by atoms with Gasteiger partial charge in [-0.1, -0.05) is 118 Å². The monoisotopic (exact) mass is 617 g/mol. The van der Waals surface area contributed by atoms with E-state index in [1.54, 1.807) is 0 Å². The Balaban J connectivity index is 1.39. The van der Waals surface area contributed by atoms with Gasteiger partial charge in [0.05, 0.1) is 35.0 Å². The second kappa shape index (κ2) is 11.7. The topological polar surface area (TPSA) is 31.4 Å². The van der Waals surface area contributed by atoms with Crippen molar-refractivity contribution in [2.45, 2.75) is 44.9 Å². The van der Waals surface area contributed by atoms with Crippen LogP contribution >= 0.6 is 0 Å². The van der Waals surface area contributed by atoms with Crippen LogP contribution in [-0.4, -0.2) is 0 Å². The van der Waals surface area contributed by atoms with Gasteiger partial charge >= 0.3 is 0 Å². The molecule has 1 aliphatic heterocycles.